The van der Waals surface area contributed by atoms with Crippen LogP contribution < -0.4 is 33.6 Å². The second-order valence-electron chi connectivity index (χ2n) is 33.9. The molecule has 0 saturated carbocycles. The number of ether oxygens (including phenoxy) is 4. The molecule has 0 amide bonds. The number of carboxylic acids is 2. The van der Waals surface area contributed by atoms with Crippen LogP contribution in [0.1, 0.15) is 140 Å². The number of carbonyl (C=O) groups is 5. The molecule has 0 aliphatic heterocycles. The van der Waals surface area contributed by atoms with Crippen LogP contribution in [0, 0.1) is 6.92 Å². The number of carbonyl (C=O) groups excluding carboxylic acids is 3. The van der Waals surface area contributed by atoms with Crippen molar-refractivity contribution in [2.75, 3.05) is 13.4 Å². The SMILES string of the molecule is CCCc1nc2cccc(C(=O)O)c2n1Cc1ccc(-c2ccccc2-c2noc(=O)[nH]2)cc1.CCCc1nc2cccc(C(=O)OCc3oc(=O)oc3C)c2n1Cc1ccc(-c2ccccc2-c2noc(=O)[nH]2)cc1.CCOc1nc2cccc(C(=O)OCOC(C)=O)c2n1Cc1ccc(-c2ccccc2-c2noc(=O)[nH]2)cc1.CCc1nc2cccc(C(=O)O)c2n1Cc1ccc(-c2ccccc2-c2noc(=O)[nH]2)cc1. The Kier molecular flexibility index (Phi) is 29.5. The van der Waals surface area contributed by atoms with Gasteiger partial charge in [0.1, 0.15) is 17.5 Å². The third kappa shape index (κ3) is 21.8. The van der Waals surface area contributed by atoms with Gasteiger partial charge in [-0.1, -0.05) is 260 Å². The zero-order valence-electron chi connectivity index (χ0n) is 80.3. The van der Waals surface area contributed by atoms with Gasteiger partial charge in [-0.15, -0.1) is 0 Å². The summed E-state index contributed by atoms with van der Waals surface area (Å²) in [6.07, 6.45) is 3.96. The van der Waals surface area contributed by atoms with E-state index >= 15 is 0 Å². The Balaban J connectivity index is 0.000000130. The van der Waals surface area contributed by atoms with Crippen LogP contribution in [0.5, 0.6) is 6.01 Å². The minimum Gasteiger partial charge on any atom is -0.478 e. The second kappa shape index (κ2) is 44.3. The number of rotatable bonds is 31. The average Bonchev–Trinajstić information content (AvgIpc) is 1.63. The highest BCUT2D eigenvalue weighted by Gasteiger charge is 2.28. The quantitative estimate of drug-likeness (QED) is 0.0174. The third-order valence-corrected chi connectivity index (χ3v) is 24.2. The van der Waals surface area contributed by atoms with Crippen molar-refractivity contribution in [3.63, 3.8) is 0 Å². The standard InChI is InChI=1S/C31H26N4O7.C28H24N4O7.C26H22N4O4.C25H20N4O4/c1-3-7-26-32-24-11-6-10-23(29(36)39-17-25-18(2)40-31(38)41-25)27(24)35(26)16-19-12-14-20(15-13-19)21-8-4-5-9-22(21)28-33-30(37)42-34-28;1-3-36-27-29-23-10-6-9-22(26(34)38-16-37-17(2)33)24(23)32(27)15-18-11-13-19(14-12-18)20-7-4-5-8-21(20)25-30-28(35)39-31-25;1-2-6-22-27-21-10-5-9-20(25(31)32)23(21)30(22)15-16-11-13-17(14-12-16)18-7-3-4-8-19(18)24-28-26(33)34-29-24;1-2-21-26-20-9-5-8-19(24(30)31)22(20)29(21)14-15-10-12-16(13-11-15)17-6-3-4-7-18(17)23-27-25(32)33-28-23/h4-6,8-15H,3,7,16-17H2,1-2H3,(H,33,34,37);4-14H,3,15-16H2,1-2H3,(H,30,31,35);3-5,7-14H,2,6,15H2,1H3,(H,31,32)(H,28,29,33);3-13H,2,14H2,1H3,(H,30,31)(H,27,28,32). The number of hydrogen-bond donors (Lipinski definition) is 6. The summed E-state index contributed by atoms with van der Waals surface area (Å²) in [5.74, 6) is -2.53. The summed E-state index contributed by atoms with van der Waals surface area (Å²) in [4.78, 5) is 147. The molecule has 0 fully saturated rings. The van der Waals surface area contributed by atoms with Crippen LogP contribution in [0.4, 0.5) is 0 Å². The van der Waals surface area contributed by atoms with Gasteiger partial charge in [0.05, 0.1) is 79.5 Å². The largest absolute Gasteiger partial charge is 0.519 e. The smallest absolute Gasteiger partial charge is 0.478 e. The first-order chi connectivity index (χ1) is 71.9. The van der Waals surface area contributed by atoms with E-state index in [9.17, 15) is 58.2 Å². The summed E-state index contributed by atoms with van der Waals surface area (Å²) in [6.45, 7) is 12.3. The first-order valence-electron chi connectivity index (χ1n) is 47.0. The molecule has 38 nitrogen and oxygen atoms in total. The average molecular weight is 1990 g/mol. The topological polar surface area (TPSA) is 513 Å². The summed E-state index contributed by atoms with van der Waals surface area (Å²) >= 11 is 0. The van der Waals surface area contributed by atoms with Crippen LogP contribution >= 0.6 is 0 Å². The summed E-state index contributed by atoms with van der Waals surface area (Å²) in [6, 6.07) is 83.5. The van der Waals surface area contributed by atoms with Crippen molar-refractivity contribution in [2.45, 2.75) is 106 Å². The molecule has 0 aliphatic carbocycles. The van der Waals surface area contributed by atoms with Gasteiger partial charge in [-0.2, -0.15) is 4.98 Å². The molecule has 148 heavy (non-hydrogen) atoms. The lowest BCUT2D eigenvalue weighted by molar-refractivity contribution is -0.149. The van der Waals surface area contributed by atoms with Crippen LogP contribution in [-0.2, 0) is 71.1 Å². The van der Waals surface area contributed by atoms with Gasteiger partial charge in [-0.3, -0.25) is 47.4 Å². The van der Waals surface area contributed by atoms with E-state index < -0.39 is 65.5 Å². The van der Waals surface area contributed by atoms with E-state index in [1.54, 1.807) is 61.5 Å². The van der Waals surface area contributed by atoms with E-state index in [-0.39, 0.29) is 34.8 Å². The van der Waals surface area contributed by atoms with Crippen LogP contribution in [0.3, 0.4) is 0 Å². The predicted molar refractivity (Wildman–Crippen MR) is 543 cm³/mol. The maximum Gasteiger partial charge on any atom is 0.519 e. The monoisotopic (exact) mass is 1990 g/mol. The number of imidazole rings is 4. The van der Waals surface area contributed by atoms with Crippen LogP contribution in [0.25, 0.3) is 134 Å². The number of carboxylic acid groups (broad SMARTS) is 2. The summed E-state index contributed by atoms with van der Waals surface area (Å²) in [5.41, 5.74) is 20.5. The first-order valence-corrected chi connectivity index (χ1v) is 47.0. The van der Waals surface area contributed by atoms with Crippen molar-refractivity contribution in [3.8, 4) is 96.1 Å². The molecular formula is C110H92N16O22. The van der Waals surface area contributed by atoms with E-state index in [0.717, 1.165) is 132 Å². The Labute approximate surface area is 837 Å². The molecule has 744 valence electrons. The normalized spacial score (nSPS) is 11.1. The second-order valence-corrected chi connectivity index (χ2v) is 33.9. The number of esters is 3. The number of nitrogens with one attached hydrogen (secondary N) is 4. The van der Waals surface area contributed by atoms with Crippen molar-refractivity contribution in [1.82, 2.24) is 78.8 Å². The number of H-pyrrole nitrogens is 4. The Bertz CT molecular complexity index is 8800. The molecule has 6 N–H and O–H groups in total. The summed E-state index contributed by atoms with van der Waals surface area (Å²) in [7, 11) is 0. The number of fused-ring (bicyclic) bond motifs is 4. The lowest BCUT2D eigenvalue weighted by Crippen LogP contribution is -2.13. The fourth-order valence-electron chi connectivity index (χ4n) is 17.5. The molecule has 0 atom stereocenters. The molecule has 9 heterocycles. The maximum absolute atomic E-state index is 13.2. The number of benzene rings is 12. The van der Waals surface area contributed by atoms with Gasteiger partial charge in [-0.05, 0) is 142 Å². The van der Waals surface area contributed by atoms with Gasteiger partial charge in [0.2, 0.25) is 6.79 Å². The number of nitrogens with zero attached hydrogens (tertiary/aromatic N) is 12. The fraction of sp³-hybridized carbons (Fsp3) is 0.164. The van der Waals surface area contributed by atoms with Gasteiger partial charge in [-0.25, -0.2) is 58.1 Å². The molecule has 0 spiro atoms. The van der Waals surface area contributed by atoms with Gasteiger partial charge in [0.25, 0.3) is 6.01 Å². The number of aromatic carboxylic acids is 2. The zero-order valence-corrected chi connectivity index (χ0v) is 80.3. The zero-order chi connectivity index (χ0) is 103. The number of aromatic nitrogens is 16. The van der Waals surface area contributed by atoms with Crippen molar-refractivity contribution >= 4 is 74.0 Å². The van der Waals surface area contributed by atoms with Crippen LogP contribution in [-0.4, -0.2) is 132 Å². The van der Waals surface area contributed by atoms with Crippen molar-refractivity contribution in [1.29, 1.82) is 0 Å². The third-order valence-electron chi connectivity index (χ3n) is 24.2. The molecular weight excluding hydrogens is 1900 g/mol. The Morgan fingerprint density at radius 3 is 0.966 bits per heavy atom. The molecule has 0 saturated heterocycles. The highest BCUT2D eigenvalue weighted by Crippen LogP contribution is 2.38. The molecule has 21 aromatic rings. The molecule has 21 rings (SSSR count). The van der Waals surface area contributed by atoms with Crippen molar-refractivity contribution < 1.29 is 80.1 Å². The highest BCUT2D eigenvalue weighted by atomic mass is 16.7. The van der Waals surface area contributed by atoms with Gasteiger partial charge in [0, 0.05) is 68.1 Å². The summed E-state index contributed by atoms with van der Waals surface area (Å²) in [5, 5.41) is 34.7. The minimum atomic E-state index is -0.970. The van der Waals surface area contributed by atoms with E-state index in [1.165, 1.54) is 6.92 Å². The first kappa shape index (κ1) is 98.6. The molecule has 0 aliphatic rings. The Hall–Kier alpha value is -19.6. The highest BCUT2D eigenvalue weighted by molar-refractivity contribution is 6.05. The van der Waals surface area contributed by atoms with E-state index in [2.05, 4.69) is 77.9 Å². The Morgan fingerprint density at radius 1 is 0.345 bits per heavy atom. The van der Waals surface area contributed by atoms with E-state index in [4.69, 9.17) is 42.3 Å². The lowest BCUT2D eigenvalue weighted by Gasteiger charge is -2.13. The molecule has 0 radical (unpaired) electrons. The lowest BCUT2D eigenvalue weighted by atomic mass is 9.98. The number of aromatic amines is 4. The minimum absolute atomic E-state index is 0.164. The number of para-hydroxylation sites is 4. The fourth-order valence-corrected chi connectivity index (χ4v) is 17.5. The molecule has 0 bridgehead atoms. The number of hydrogen-bond acceptors (Lipinski definition) is 28. The molecule has 38 heteroatoms. The molecule has 0 unspecified atom stereocenters. The van der Waals surface area contributed by atoms with Gasteiger partial charge < -0.3 is 51.7 Å². The predicted octanol–water partition coefficient (Wildman–Crippen LogP) is 18.5. The summed E-state index contributed by atoms with van der Waals surface area (Å²) < 4.78 is 57.5. The molecule has 9 aromatic heterocycles. The Morgan fingerprint density at radius 2 is 0.655 bits per heavy atom. The van der Waals surface area contributed by atoms with Crippen LogP contribution in [0.2, 0.25) is 0 Å². The van der Waals surface area contributed by atoms with E-state index in [1.807, 2.05) is 244 Å². The van der Waals surface area contributed by atoms with Gasteiger partial charge >= 0.3 is 58.7 Å². The van der Waals surface area contributed by atoms with Crippen molar-refractivity contribution in [2.24, 2.45) is 0 Å². The van der Waals surface area contributed by atoms with Crippen molar-refractivity contribution in [3.05, 3.63) is 393 Å². The van der Waals surface area contributed by atoms with Crippen LogP contribution in [0.15, 0.2) is 318 Å². The number of aryl methyl sites for hydroxylation is 4. The maximum atomic E-state index is 13.2. The van der Waals surface area contributed by atoms with E-state index in [0.29, 0.717) is 118 Å². The van der Waals surface area contributed by atoms with Gasteiger partial charge in [0.15, 0.2) is 41.4 Å². The molecule has 12 aromatic carbocycles.